The lowest BCUT2D eigenvalue weighted by Crippen LogP contribution is -2.16. The summed E-state index contributed by atoms with van der Waals surface area (Å²) in [5, 5.41) is 0. The fraction of sp³-hybridized carbons (Fsp3) is 0. The average Bonchev–Trinajstić information content (AvgIpc) is 3.03. The number of hydrogen-bond donors (Lipinski definition) is 3. The molecular weight excluding hydrogens is 276 g/mol. The molecule has 0 atom stereocenters. The molecule has 0 aliphatic heterocycles. The van der Waals surface area contributed by atoms with Crippen molar-refractivity contribution in [3.63, 3.8) is 0 Å². The molecule has 21 heavy (non-hydrogen) atoms. The Balaban J connectivity index is 2.10. The molecule has 0 saturated heterocycles. The quantitative estimate of drug-likeness (QED) is 0.390. The van der Waals surface area contributed by atoms with Gasteiger partial charge in [0.2, 0.25) is 0 Å². The van der Waals surface area contributed by atoms with Crippen molar-refractivity contribution in [3.05, 3.63) is 29.5 Å². The second kappa shape index (κ2) is 3.75. The topological polar surface area (TPSA) is 159 Å². The molecule has 0 aliphatic carbocycles. The van der Waals surface area contributed by atoms with E-state index >= 15 is 0 Å². The lowest BCUT2D eigenvalue weighted by Gasteiger charge is -2.04. The average molecular weight is 284 g/mol. The molecule has 4 aromatic heterocycles. The number of hydrogen-bond acceptors (Lipinski definition) is 8. The van der Waals surface area contributed by atoms with Gasteiger partial charge in [0.15, 0.2) is 22.6 Å². The molecule has 4 heterocycles. The molecule has 0 aliphatic rings. The second-order valence-corrected chi connectivity index (χ2v) is 4.24. The third-order valence-electron chi connectivity index (χ3n) is 3.01. The minimum atomic E-state index is -0.569. The zero-order chi connectivity index (χ0) is 14.6. The Bertz CT molecular complexity index is 1040. The maximum absolute atomic E-state index is 11.5. The fourth-order valence-electron chi connectivity index (χ4n) is 2.08. The van der Waals surface area contributed by atoms with Gasteiger partial charge in [0.1, 0.15) is 30.3 Å². The number of fused-ring (bicyclic) bond motifs is 2. The summed E-state index contributed by atoms with van der Waals surface area (Å²) < 4.78 is 3.05. The van der Waals surface area contributed by atoms with Gasteiger partial charge in [0.05, 0.1) is 0 Å². The maximum Gasteiger partial charge on any atom is 0.348 e. The van der Waals surface area contributed by atoms with Crippen LogP contribution in [0.25, 0.3) is 22.3 Å². The smallest absolute Gasteiger partial charge is 0.348 e. The van der Waals surface area contributed by atoms with E-state index in [0.717, 1.165) is 0 Å². The maximum atomic E-state index is 11.5. The molecule has 0 radical (unpaired) electrons. The van der Waals surface area contributed by atoms with E-state index in [1.54, 1.807) is 4.68 Å². The van der Waals surface area contributed by atoms with E-state index in [1.807, 2.05) is 0 Å². The van der Waals surface area contributed by atoms with Crippen molar-refractivity contribution >= 4 is 34.0 Å². The van der Waals surface area contributed by atoms with Gasteiger partial charge in [-0.05, 0) is 0 Å². The van der Waals surface area contributed by atoms with Crippen LogP contribution >= 0.6 is 0 Å². The molecular formula is C10H8N10O. The van der Waals surface area contributed by atoms with Crippen LogP contribution in [0, 0.1) is 0 Å². The summed E-state index contributed by atoms with van der Waals surface area (Å²) in [5.74, 6) is 0.399. The highest BCUT2D eigenvalue weighted by Crippen LogP contribution is 2.18. The summed E-state index contributed by atoms with van der Waals surface area (Å²) >= 11 is 0. The highest BCUT2D eigenvalue weighted by molar-refractivity contribution is 5.83. The molecule has 0 saturated carbocycles. The summed E-state index contributed by atoms with van der Waals surface area (Å²) in [5.41, 5.74) is 12.5. The predicted molar refractivity (Wildman–Crippen MR) is 73.1 cm³/mol. The summed E-state index contributed by atoms with van der Waals surface area (Å²) in [4.78, 5) is 34.0. The number of nitrogens with zero attached hydrogens (tertiary/aromatic N) is 7. The zero-order valence-electron chi connectivity index (χ0n) is 10.4. The first-order chi connectivity index (χ1) is 10.1. The van der Waals surface area contributed by atoms with Crippen LogP contribution in [0.15, 0.2) is 23.8 Å². The molecule has 104 valence electrons. The minimum absolute atomic E-state index is 0.141. The lowest BCUT2D eigenvalue weighted by molar-refractivity contribution is 0.686. The van der Waals surface area contributed by atoms with Crippen LogP contribution in [-0.4, -0.2) is 39.3 Å². The predicted octanol–water partition coefficient (Wildman–Crippen LogP) is -1.26. The normalized spacial score (nSPS) is 11.4. The monoisotopic (exact) mass is 284 g/mol. The van der Waals surface area contributed by atoms with Crippen molar-refractivity contribution in [2.45, 2.75) is 0 Å². The lowest BCUT2D eigenvalue weighted by atomic mass is 10.5. The first kappa shape index (κ1) is 11.3. The Morgan fingerprint density at radius 3 is 2.48 bits per heavy atom. The molecule has 5 N–H and O–H groups in total. The summed E-state index contributed by atoms with van der Waals surface area (Å²) in [7, 11) is 0. The number of imidazole rings is 2. The summed E-state index contributed by atoms with van der Waals surface area (Å²) in [6.07, 6.45) is 4.26. The van der Waals surface area contributed by atoms with Crippen molar-refractivity contribution in [3.8, 4) is 0 Å². The van der Waals surface area contributed by atoms with E-state index in [4.69, 9.17) is 11.5 Å². The number of nitrogens with one attached hydrogen (secondary N) is 1. The number of H-pyrrole nitrogens is 1. The van der Waals surface area contributed by atoms with Crippen LogP contribution in [0.1, 0.15) is 0 Å². The van der Waals surface area contributed by atoms with Crippen LogP contribution in [0.3, 0.4) is 0 Å². The van der Waals surface area contributed by atoms with E-state index in [1.165, 1.54) is 23.7 Å². The molecule has 4 rings (SSSR count). The van der Waals surface area contributed by atoms with Crippen LogP contribution in [-0.2, 0) is 0 Å². The highest BCUT2D eigenvalue weighted by atomic mass is 16.1. The van der Waals surface area contributed by atoms with E-state index in [9.17, 15) is 4.79 Å². The van der Waals surface area contributed by atoms with Gasteiger partial charge in [0, 0.05) is 0 Å². The molecule has 11 heteroatoms. The number of aromatic amines is 1. The van der Waals surface area contributed by atoms with Crippen LogP contribution in [0.2, 0.25) is 0 Å². The van der Waals surface area contributed by atoms with Crippen LogP contribution < -0.4 is 17.2 Å². The first-order valence-electron chi connectivity index (χ1n) is 5.82. The molecule has 0 unspecified atom stereocenters. The van der Waals surface area contributed by atoms with Crippen molar-refractivity contribution in [1.82, 2.24) is 39.3 Å². The molecule has 0 spiro atoms. The largest absolute Gasteiger partial charge is 0.383 e. The van der Waals surface area contributed by atoms with Gasteiger partial charge in [0.25, 0.3) is 0 Å². The molecule has 0 amide bonds. The molecule has 0 aromatic carbocycles. The Hall–Kier alpha value is -3.50. The van der Waals surface area contributed by atoms with Crippen LogP contribution in [0.5, 0.6) is 0 Å². The third-order valence-corrected chi connectivity index (χ3v) is 3.01. The van der Waals surface area contributed by atoms with Crippen molar-refractivity contribution in [2.75, 3.05) is 11.5 Å². The number of rotatable bonds is 1. The number of nitrogens with two attached hydrogens (primary N) is 2. The Kier molecular flexibility index (Phi) is 2.03. The Labute approximate surface area is 115 Å². The third kappa shape index (κ3) is 1.47. The summed E-state index contributed by atoms with van der Waals surface area (Å²) in [6.45, 7) is 0. The van der Waals surface area contributed by atoms with Gasteiger partial charge < -0.3 is 11.5 Å². The van der Waals surface area contributed by atoms with Crippen molar-refractivity contribution in [2.24, 2.45) is 0 Å². The number of anilines is 2. The fourth-order valence-corrected chi connectivity index (χ4v) is 2.08. The van der Waals surface area contributed by atoms with Crippen LogP contribution in [0.4, 0.5) is 11.6 Å². The number of nitrogen functional groups attached to an aromatic ring is 2. The van der Waals surface area contributed by atoms with E-state index in [2.05, 4.69) is 29.9 Å². The molecule has 0 fully saturated rings. The Morgan fingerprint density at radius 1 is 0.952 bits per heavy atom. The van der Waals surface area contributed by atoms with E-state index in [0.29, 0.717) is 16.7 Å². The van der Waals surface area contributed by atoms with Gasteiger partial charge in [-0.15, -0.1) is 0 Å². The van der Waals surface area contributed by atoms with Gasteiger partial charge >= 0.3 is 5.69 Å². The highest BCUT2D eigenvalue weighted by Gasteiger charge is 2.14. The second-order valence-electron chi connectivity index (χ2n) is 4.24. The minimum Gasteiger partial charge on any atom is -0.383 e. The summed E-state index contributed by atoms with van der Waals surface area (Å²) in [6, 6.07) is 0. The molecule has 0 bridgehead atoms. The van der Waals surface area contributed by atoms with Crippen molar-refractivity contribution < 1.29 is 0 Å². The number of aromatic nitrogens is 8. The standard InChI is InChI=1S/C10H8N10O/c11-6-4-8(14-1-13-6)19(2-15-4)20-3-16-5-7(12)17-10(21)18-9(5)20/h1-3H,(H2,11,13,14)(H3,12,17,18,21). The van der Waals surface area contributed by atoms with E-state index < -0.39 is 5.69 Å². The first-order valence-corrected chi connectivity index (χ1v) is 5.82. The zero-order valence-corrected chi connectivity index (χ0v) is 10.4. The van der Waals surface area contributed by atoms with Gasteiger partial charge in [-0.3, -0.25) is 4.98 Å². The van der Waals surface area contributed by atoms with Crippen molar-refractivity contribution in [1.29, 1.82) is 0 Å². The van der Waals surface area contributed by atoms with Gasteiger partial charge in [-0.2, -0.15) is 4.98 Å². The SMILES string of the molecule is Nc1ncnc2c1ncn2-n1cnc2c(N)[nH]c(=O)nc21. The van der Waals surface area contributed by atoms with E-state index in [-0.39, 0.29) is 17.3 Å². The Morgan fingerprint density at radius 2 is 1.67 bits per heavy atom. The van der Waals surface area contributed by atoms with Gasteiger partial charge in [-0.1, -0.05) is 0 Å². The molecule has 4 aromatic rings. The van der Waals surface area contributed by atoms with Gasteiger partial charge in [-0.25, -0.2) is 34.1 Å². The molecule has 11 nitrogen and oxygen atoms in total.